The molecular formula is C16H12BrN3O5. The Morgan fingerprint density at radius 3 is 2.80 bits per heavy atom. The first-order valence-corrected chi connectivity index (χ1v) is 7.89. The van der Waals surface area contributed by atoms with Crippen LogP contribution in [0.2, 0.25) is 0 Å². The summed E-state index contributed by atoms with van der Waals surface area (Å²) in [4.78, 5) is 10.6. The van der Waals surface area contributed by atoms with Gasteiger partial charge in [-0.25, -0.2) is 0 Å². The second-order valence-electron chi connectivity index (χ2n) is 4.89. The molecule has 1 aromatic heterocycles. The summed E-state index contributed by atoms with van der Waals surface area (Å²) in [6.45, 7) is -0.0891. The van der Waals surface area contributed by atoms with Crippen LogP contribution in [0.25, 0.3) is 11.5 Å². The molecule has 0 N–H and O–H groups in total. The summed E-state index contributed by atoms with van der Waals surface area (Å²) in [6.07, 6.45) is 0. The third kappa shape index (κ3) is 3.94. The summed E-state index contributed by atoms with van der Waals surface area (Å²) in [5.41, 5.74) is 0.551. The predicted molar refractivity (Wildman–Crippen MR) is 91.4 cm³/mol. The number of hydrogen-bond acceptors (Lipinski definition) is 7. The van der Waals surface area contributed by atoms with E-state index < -0.39 is 4.92 Å². The molecule has 3 aromatic rings. The fourth-order valence-electron chi connectivity index (χ4n) is 2.08. The Bertz CT molecular complexity index is 912. The Kier molecular flexibility index (Phi) is 4.94. The van der Waals surface area contributed by atoms with Crippen molar-refractivity contribution < 1.29 is 18.8 Å². The van der Waals surface area contributed by atoms with E-state index in [0.717, 1.165) is 10.0 Å². The summed E-state index contributed by atoms with van der Waals surface area (Å²) in [5.74, 6) is 1.01. The molecule has 128 valence electrons. The predicted octanol–water partition coefficient (Wildman–Crippen LogP) is 3.99. The Balaban J connectivity index is 1.76. The first-order valence-electron chi connectivity index (χ1n) is 7.10. The van der Waals surface area contributed by atoms with Crippen LogP contribution < -0.4 is 9.47 Å². The van der Waals surface area contributed by atoms with Gasteiger partial charge in [-0.1, -0.05) is 22.0 Å². The van der Waals surface area contributed by atoms with Gasteiger partial charge in [0.2, 0.25) is 5.89 Å². The van der Waals surface area contributed by atoms with Crippen LogP contribution in [0.1, 0.15) is 5.89 Å². The van der Waals surface area contributed by atoms with Gasteiger partial charge in [-0.15, -0.1) is 10.2 Å². The second kappa shape index (κ2) is 7.31. The minimum absolute atomic E-state index is 0.0891. The summed E-state index contributed by atoms with van der Waals surface area (Å²) in [5, 5.41) is 19.0. The van der Waals surface area contributed by atoms with E-state index in [4.69, 9.17) is 13.9 Å². The summed E-state index contributed by atoms with van der Waals surface area (Å²) in [6, 6.07) is 11.7. The Labute approximate surface area is 150 Å². The highest BCUT2D eigenvalue weighted by Crippen LogP contribution is 2.31. The molecule has 9 heteroatoms. The highest BCUT2D eigenvalue weighted by Gasteiger charge is 2.18. The Morgan fingerprint density at radius 1 is 1.24 bits per heavy atom. The molecule has 8 nitrogen and oxygen atoms in total. The zero-order valence-electron chi connectivity index (χ0n) is 13.0. The molecule has 0 atom stereocenters. The van der Waals surface area contributed by atoms with E-state index in [9.17, 15) is 10.1 Å². The van der Waals surface area contributed by atoms with Crippen LogP contribution in [0.5, 0.6) is 11.5 Å². The number of methoxy groups -OCH3 is 1. The standard InChI is InChI=1S/C16H12BrN3O5/c1-23-12-5-6-14(13(8-12)20(21)22)24-9-15-18-19-16(25-15)10-3-2-4-11(17)7-10/h2-8H,9H2,1H3. The largest absolute Gasteiger partial charge is 0.496 e. The second-order valence-corrected chi connectivity index (χ2v) is 5.81. The van der Waals surface area contributed by atoms with Crippen LogP contribution in [0.4, 0.5) is 5.69 Å². The van der Waals surface area contributed by atoms with Gasteiger partial charge in [0, 0.05) is 10.0 Å². The van der Waals surface area contributed by atoms with Crippen molar-refractivity contribution >= 4 is 21.6 Å². The Morgan fingerprint density at radius 2 is 2.08 bits per heavy atom. The number of aromatic nitrogens is 2. The molecule has 0 fully saturated rings. The molecule has 0 saturated heterocycles. The van der Waals surface area contributed by atoms with Gasteiger partial charge in [0.1, 0.15) is 5.75 Å². The molecule has 1 heterocycles. The molecule has 0 aliphatic carbocycles. The lowest BCUT2D eigenvalue weighted by molar-refractivity contribution is -0.386. The minimum Gasteiger partial charge on any atom is -0.496 e. The normalized spacial score (nSPS) is 10.5. The van der Waals surface area contributed by atoms with Crippen LogP contribution in [0.15, 0.2) is 51.4 Å². The molecule has 0 amide bonds. The van der Waals surface area contributed by atoms with Crippen LogP contribution in [-0.2, 0) is 6.61 Å². The van der Waals surface area contributed by atoms with Gasteiger partial charge in [-0.2, -0.15) is 0 Å². The first kappa shape index (κ1) is 16.9. The number of ether oxygens (including phenoxy) is 2. The monoisotopic (exact) mass is 405 g/mol. The van der Waals surface area contributed by atoms with E-state index in [1.54, 1.807) is 6.07 Å². The van der Waals surface area contributed by atoms with Gasteiger partial charge in [0.15, 0.2) is 12.4 Å². The highest BCUT2D eigenvalue weighted by molar-refractivity contribution is 9.10. The quantitative estimate of drug-likeness (QED) is 0.451. The average molecular weight is 406 g/mol. The molecular weight excluding hydrogens is 394 g/mol. The van der Waals surface area contributed by atoms with E-state index in [0.29, 0.717) is 11.6 Å². The number of benzene rings is 2. The van der Waals surface area contributed by atoms with E-state index in [1.807, 2.05) is 24.3 Å². The van der Waals surface area contributed by atoms with E-state index in [2.05, 4.69) is 26.1 Å². The maximum atomic E-state index is 11.1. The van der Waals surface area contributed by atoms with Crippen molar-refractivity contribution in [3.05, 3.63) is 62.9 Å². The number of nitrogens with zero attached hydrogens (tertiary/aromatic N) is 3. The average Bonchev–Trinajstić information content (AvgIpc) is 3.09. The third-order valence-corrected chi connectivity index (χ3v) is 3.75. The zero-order valence-corrected chi connectivity index (χ0v) is 14.6. The topological polar surface area (TPSA) is 101 Å². The van der Waals surface area contributed by atoms with Crippen molar-refractivity contribution in [2.24, 2.45) is 0 Å². The fourth-order valence-corrected chi connectivity index (χ4v) is 2.48. The molecule has 0 bridgehead atoms. The summed E-state index contributed by atoms with van der Waals surface area (Å²) < 4.78 is 16.8. The number of hydrogen-bond donors (Lipinski definition) is 0. The molecule has 3 rings (SSSR count). The Hall–Kier alpha value is -2.94. The van der Waals surface area contributed by atoms with E-state index in [-0.39, 0.29) is 23.9 Å². The first-order chi connectivity index (χ1) is 12.1. The fraction of sp³-hybridized carbons (Fsp3) is 0.125. The minimum atomic E-state index is -0.543. The molecule has 0 aliphatic heterocycles. The number of halogens is 1. The van der Waals surface area contributed by atoms with Crippen molar-refractivity contribution in [1.82, 2.24) is 10.2 Å². The van der Waals surface area contributed by atoms with Crippen LogP contribution in [0, 0.1) is 10.1 Å². The summed E-state index contributed by atoms with van der Waals surface area (Å²) >= 11 is 3.37. The number of rotatable bonds is 6. The molecule has 0 radical (unpaired) electrons. The molecule has 0 spiro atoms. The van der Waals surface area contributed by atoms with Gasteiger partial charge < -0.3 is 13.9 Å². The van der Waals surface area contributed by atoms with Crippen LogP contribution in [-0.4, -0.2) is 22.2 Å². The maximum Gasteiger partial charge on any atom is 0.314 e. The molecule has 25 heavy (non-hydrogen) atoms. The highest BCUT2D eigenvalue weighted by atomic mass is 79.9. The zero-order chi connectivity index (χ0) is 17.8. The van der Waals surface area contributed by atoms with Crippen LogP contribution >= 0.6 is 15.9 Å². The van der Waals surface area contributed by atoms with Crippen molar-refractivity contribution in [1.29, 1.82) is 0 Å². The van der Waals surface area contributed by atoms with Crippen molar-refractivity contribution in [3.8, 4) is 23.0 Å². The lowest BCUT2D eigenvalue weighted by atomic mass is 10.2. The van der Waals surface area contributed by atoms with Crippen molar-refractivity contribution in [3.63, 3.8) is 0 Å². The van der Waals surface area contributed by atoms with Gasteiger partial charge in [0.25, 0.3) is 5.89 Å². The van der Waals surface area contributed by atoms with Gasteiger partial charge >= 0.3 is 5.69 Å². The lowest BCUT2D eigenvalue weighted by Crippen LogP contribution is -2.00. The van der Waals surface area contributed by atoms with E-state index >= 15 is 0 Å². The summed E-state index contributed by atoms with van der Waals surface area (Å²) in [7, 11) is 1.43. The van der Waals surface area contributed by atoms with Crippen LogP contribution in [0.3, 0.4) is 0 Å². The smallest absolute Gasteiger partial charge is 0.314 e. The van der Waals surface area contributed by atoms with Gasteiger partial charge in [-0.05, 0) is 30.3 Å². The van der Waals surface area contributed by atoms with Gasteiger partial charge in [0.05, 0.1) is 18.1 Å². The maximum absolute atomic E-state index is 11.1. The van der Waals surface area contributed by atoms with E-state index in [1.165, 1.54) is 19.2 Å². The molecule has 2 aromatic carbocycles. The SMILES string of the molecule is COc1ccc(OCc2nnc(-c3cccc(Br)c3)o2)c([N+](=O)[O-])c1. The molecule has 0 aliphatic rings. The van der Waals surface area contributed by atoms with Crippen molar-refractivity contribution in [2.75, 3.05) is 7.11 Å². The van der Waals surface area contributed by atoms with Gasteiger partial charge in [-0.3, -0.25) is 10.1 Å². The molecule has 0 unspecified atom stereocenters. The number of nitro groups is 1. The molecule has 0 saturated carbocycles. The number of nitro benzene ring substituents is 1. The lowest BCUT2D eigenvalue weighted by Gasteiger charge is -2.06. The van der Waals surface area contributed by atoms with Crippen molar-refractivity contribution in [2.45, 2.75) is 6.61 Å². The third-order valence-electron chi connectivity index (χ3n) is 3.25.